The summed E-state index contributed by atoms with van der Waals surface area (Å²) in [5, 5.41) is 0. The van der Waals surface area contributed by atoms with Crippen LogP contribution in [0.2, 0.25) is 0 Å². The molecule has 2 heteroatoms. The molecule has 0 aliphatic rings. The van der Waals surface area contributed by atoms with Gasteiger partial charge in [-0.1, -0.05) is 25.8 Å². The average molecular weight is 170 g/mol. The maximum atomic E-state index is 11.0. The van der Waals surface area contributed by atoms with Gasteiger partial charge in [0.25, 0.3) is 0 Å². The Morgan fingerprint density at radius 3 is 2.58 bits per heavy atom. The Kier molecular flexibility index (Phi) is 6.44. The Morgan fingerprint density at radius 1 is 1.42 bits per heavy atom. The van der Waals surface area contributed by atoms with Crippen molar-refractivity contribution in [1.82, 2.24) is 0 Å². The largest absolute Gasteiger partial charge is 0.462 e. The smallest absolute Gasteiger partial charge is 0.333 e. The second-order valence-corrected chi connectivity index (χ2v) is 2.81. The van der Waals surface area contributed by atoms with Crippen molar-refractivity contribution < 1.29 is 9.53 Å². The molecule has 0 aromatic heterocycles. The molecule has 0 aromatic carbocycles. The van der Waals surface area contributed by atoms with Gasteiger partial charge in [0.05, 0.1) is 6.61 Å². The topological polar surface area (TPSA) is 26.3 Å². The number of rotatable bonds is 5. The number of esters is 1. The molecule has 0 N–H and O–H groups in total. The Morgan fingerprint density at radius 2 is 2.08 bits per heavy atom. The number of hydrogen-bond acceptors (Lipinski definition) is 2. The number of carbonyl (C=O) groups is 1. The zero-order valence-electron chi connectivity index (χ0n) is 8.22. The van der Waals surface area contributed by atoms with Crippen LogP contribution in [0.3, 0.4) is 0 Å². The van der Waals surface area contributed by atoms with E-state index >= 15 is 0 Å². The zero-order valence-corrected chi connectivity index (χ0v) is 8.22. The summed E-state index contributed by atoms with van der Waals surface area (Å²) in [7, 11) is 0. The van der Waals surface area contributed by atoms with Crippen LogP contribution in [0, 0.1) is 0 Å². The van der Waals surface area contributed by atoms with Crippen molar-refractivity contribution in [1.29, 1.82) is 0 Å². The molecular weight excluding hydrogens is 152 g/mol. The van der Waals surface area contributed by atoms with Gasteiger partial charge in [-0.15, -0.1) is 0 Å². The fourth-order valence-corrected chi connectivity index (χ4v) is 0.749. The highest BCUT2D eigenvalue weighted by atomic mass is 16.5. The third kappa shape index (κ3) is 4.94. The molecule has 0 aliphatic heterocycles. The molecule has 0 atom stereocenters. The van der Waals surface area contributed by atoms with Crippen molar-refractivity contribution in [2.45, 2.75) is 40.0 Å². The number of ether oxygens (including phenoxy) is 1. The van der Waals surface area contributed by atoms with Gasteiger partial charge in [-0.2, -0.15) is 0 Å². The summed E-state index contributed by atoms with van der Waals surface area (Å²) in [6.07, 6.45) is 5.02. The average Bonchev–Trinajstić information content (AvgIpc) is 2.10. The van der Waals surface area contributed by atoms with Gasteiger partial charge >= 0.3 is 5.97 Å². The fraction of sp³-hybridized carbons (Fsp3) is 0.700. The van der Waals surface area contributed by atoms with Crippen molar-refractivity contribution >= 4 is 5.97 Å². The molecule has 0 bridgehead atoms. The van der Waals surface area contributed by atoms with Crippen LogP contribution in [0.25, 0.3) is 0 Å². The van der Waals surface area contributed by atoms with Crippen molar-refractivity contribution in [3.8, 4) is 0 Å². The number of carbonyl (C=O) groups excluding carboxylic acids is 1. The molecule has 0 fully saturated rings. The van der Waals surface area contributed by atoms with E-state index in [2.05, 4.69) is 6.92 Å². The van der Waals surface area contributed by atoms with Gasteiger partial charge in [0.1, 0.15) is 0 Å². The van der Waals surface area contributed by atoms with Crippen LogP contribution in [-0.2, 0) is 9.53 Å². The van der Waals surface area contributed by atoms with E-state index in [9.17, 15) is 4.79 Å². The van der Waals surface area contributed by atoms with Gasteiger partial charge in [0.2, 0.25) is 0 Å². The van der Waals surface area contributed by atoms with Crippen LogP contribution < -0.4 is 0 Å². The van der Waals surface area contributed by atoms with Crippen molar-refractivity contribution in [2.24, 2.45) is 0 Å². The summed E-state index contributed by atoms with van der Waals surface area (Å²) < 4.78 is 4.99. The predicted octanol–water partition coefficient (Wildman–Crippen LogP) is 2.69. The second-order valence-electron chi connectivity index (χ2n) is 2.81. The van der Waals surface area contributed by atoms with Crippen LogP contribution in [-0.4, -0.2) is 12.6 Å². The third-order valence-corrected chi connectivity index (χ3v) is 1.74. The summed E-state index contributed by atoms with van der Waals surface area (Å²) >= 11 is 0. The quantitative estimate of drug-likeness (QED) is 0.360. The van der Waals surface area contributed by atoms with Gasteiger partial charge < -0.3 is 4.74 Å². The van der Waals surface area contributed by atoms with E-state index in [1.54, 1.807) is 13.0 Å². The predicted molar refractivity (Wildman–Crippen MR) is 49.9 cm³/mol. The molecule has 0 rings (SSSR count). The van der Waals surface area contributed by atoms with E-state index < -0.39 is 0 Å². The van der Waals surface area contributed by atoms with Crippen LogP contribution in [0.5, 0.6) is 0 Å². The standard InChI is InChI=1S/C10H18O2/c1-4-6-7-8-12-10(11)9(3)5-2/h5H,4,6-8H2,1-3H3/b9-5-. The molecule has 2 nitrogen and oxygen atoms in total. The number of hydrogen-bond donors (Lipinski definition) is 0. The fourth-order valence-electron chi connectivity index (χ4n) is 0.749. The highest BCUT2D eigenvalue weighted by Gasteiger charge is 2.02. The molecule has 0 aromatic rings. The minimum atomic E-state index is -0.186. The minimum Gasteiger partial charge on any atom is -0.462 e. The van der Waals surface area contributed by atoms with Crippen LogP contribution in [0.4, 0.5) is 0 Å². The highest BCUT2D eigenvalue weighted by Crippen LogP contribution is 1.99. The van der Waals surface area contributed by atoms with Gasteiger partial charge in [0, 0.05) is 5.57 Å². The van der Waals surface area contributed by atoms with E-state index in [1.807, 2.05) is 6.92 Å². The lowest BCUT2D eigenvalue weighted by Crippen LogP contribution is -2.06. The zero-order chi connectivity index (χ0) is 9.40. The molecule has 0 radical (unpaired) electrons. The van der Waals surface area contributed by atoms with Crippen LogP contribution in [0.15, 0.2) is 11.6 Å². The molecule has 0 saturated carbocycles. The minimum absolute atomic E-state index is 0.186. The Bertz CT molecular complexity index is 159. The highest BCUT2D eigenvalue weighted by molar-refractivity contribution is 5.87. The molecule has 70 valence electrons. The Balaban J connectivity index is 3.45. The van der Waals surface area contributed by atoms with E-state index in [0.717, 1.165) is 19.3 Å². The summed E-state index contributed by atoms with van der Waals surface area (Å²) in [4.78, 5) is 11.0. The first-order valence-electron chi connectivity index (χ1n) is 4.52. The molecule has 0 unspecified atom stereocenters. The lowest BCUT2D eigenvalue weighted by molar-refractivity contribution is -0.139. The van der Waals surface area contributed by atoms with Crippen LogP contribution in [0.1, 0.15) is 40.0 Å². The molecule has 0 saturated heterocycles. The van der Waals surface area contributed by atoms with Gasteiger partial charge in [0.15, 0.2) is 0 Å². The molecule has 12 heavy (non-hydrogen) atoms. The first kappa shape index (κ1) is 11.2. The molecule has 0 aliphatic carbocycles. The Hall–Kier alpha value is -0.790. The summed E-state index contributed by atoms with van der Waals surface area (Å²) in [6.45, 7) is 6.28. The summed E-state index contributed by atoms with van der Waals surface area (Å²) in [5.74, 6) is -0.186. The van der Waals surface area contributed by atoms with E-state index in [-0.39, 0.29) is 5.97 Å². The Labute approximate surface area is 74.6 Å². The number of unbranched alkanes of at least 4 members (excludes halogenated alkanes) is 2. The van der Waals surface area contributed by atoms with E-state index in [0.29, 0.717) is 12.2 Å². The van der Waals surface area contributed by atoms with E-state index in [4.69, 9.17) is 4.74 Å². The molecule has 0 spiro atoms. The monoisotopic (exact) mass is 170 g/mol. The first-order valence-corrected chi connectivity index (χ1v) is 4.52. The van der Waals surface area contributed by atoms with Gasteiger partial charge in [-0.3, -0.25) is 0 Å². The number of allylic oxidation sites excluding steroid dienone is 1. The summed E-state index contributed by atoms with van der Waals surface area (Å²) in [5.41, 5.74) is 0.687. The lowest BCUT2D eigenvalue weighted by Gasteiger charge is -2.03. The molecule has 0 heterocycles. The second kappa shape index (κ2) is 6.89. The van der Waals surface area contributed by atoms with Crippen molar-refractivity contribution in [3.05, 3.63) is 11.6 Å². The summed E-state index contributed by atoms with van der Waals surface area (Å²) in [6, 6.07) is 0. The molecular formula is C10H18O2. The first-order chi connectivity index (χ1) is 5.72. The third-order valence-electron chi connectivity index (χ3n) is 1.74. The van der Waals surface area contributed by atoms with Gasteiger partial charge in [-0.05, 0) is 20.3 Å². The maximum Gasteiger partial charge on any atom is 0.333 e. The van der Waals surface area contributed by atoms with E-state index in [1.165, 1.54) is 0 Å². The van der Waals surface area contributed by atoms with Crippen molar-refractivity contribution in [3.63, 3.8) is 0 Å². The normalized spacial score (nSPS) is 11.4. The molecule has 0 amide bonds. The van der Waals surface area contributed by atoms with Gasteiger partial charge in [-0.25, -0.2) is 4.79 Å². The van der Waals surface area contributed by atoms with Crippen LogP contribution >= 0.6 is 0 Å². The maximum absolute atomic E-state index is 11.0. The van der Waals surface area contributed by atoms with Crippen molar-refractivity contribution in [2.75, 3.05) is 6.61 Å². The lowest BCUT2D eigenvalue weighted by atomic mass is 10.2. The SMILES string of the molecule is C/C=C(/C)C(=O)OCCCCC.